The highest BCUT2D eigenvalue weighted by atomic mass is 16.2. The summed E-state index contributed by atoms with van der Waals surface area (Å²) in [5.74, 6) is 0. The summed E-state index contributed by atoms with van der Waals surface area (Å²) in [6, 6.07) is 19.5. The number of urea groups is 1. The fraction of sp³-hybridized carbons (Fsp3) is 0.158. The number of benzene rings is 2. The van der Waals surface area contributed by atoms with Crippen molar-refractivity contribution in [2.24, 2.45) is 0 Å². The van der Waals surface area contributed by atoms with Crippen molar-refractivity contribution >= 4 is 6.03 Å². The van der Waals surface area contributed by atoms with E-state index in [1.165, 1.54) is 0 Å². The van der Waals surface area contributed by atoms with Gasteiger partial charge in [0.1, 0.15) is 0 Å². The van der Waals surface area contributed by atoms with Crippen LogP contribution in [0.4, 0.5) is 4.79 Å². The van der Waals surface area contributed by atoms with Crippen molar-refractivity contribution in [2.45, 2.75) is 19.5 Å². The first kappa shape index (κ1) is 15.8. The molecule has 2 N–H and O–H groups in total. The lowest BCUT2D eigenvalue weighted by atomic mass is 10.1. The Morgan fingerprint density at radius 3 is 2.50 bits per heavy atom. The predicted octanol–water partition coefficient (Wildman–Crippen LogP) is 3.43. The molecule has 3 aromatic rings. The summed E-state index contributed by atoms with van der Waals surface area (Å²) in [7, 11) is 0. The Balaban J connectivity index is 1.51. The molecule has 0 saturated carbocycles. The Hall–Kier alpha value is -3.08. The van der Waals surface area contributed by atoms with E-state index >= 15 is 0 Å². The molecular formula is C19H20N4O. The molecule has 0 fully saturated rings. The Labute approximate surface area is 141 Å². The summed E-state index contributed by atoms with van der Waals surface area (Å²) in [4.78, 5) is 12.0. The molecule has 2 amide bonds. The van der Waals surface area contributed by atoms with Crippen molar-refractivity contribution in [3.63, 3.8) is 0 Å². The molecule has 0 aliphatic rings. The van der Waals surface area contributed by atoms with E-state index in [9.17, 15) is 4.79 Å². The Morgan fingerprint density at radius 2 is 1.83 bits per heavy atom. The third-order valence-corrected chi connectivity index (χ3v) is 3.81. The van der Waals surface area contributed by atoms with Gasteiger partial charge in [-0.3, -0.25) is 0 Å². The topological polar surface area (TPSA) is 59.0 Å². The van der Waals surface area contributed by atoms with Crippen molar-refractivity contribution in [3.05, 3.63) is 84.2 Å². The molecule has 5 nitrogen and oxygen atoms in total. The standard InChI is InChI=1S/C19H20N4O/c1-15(17-6-3-2-4-7-17)22-19(24)20-14-16-8-10-18(11-9-16)23-13-5-12-21-23/h2-13,15H,14H2,1H3,(H2,20,22,24). The molecule has 122 valence electrons. The third kappa shape index (κ3) is 4.01. The van der Waals surface area contributed by atoms with E-state index in [0.717, 1.165) is 16.8 Å². The van der Waals surface area contributed by atoms with Gasteiger partial charge in [-0.15, -0.1) is 0 Å². The van der Waals surface area contributed by atoms with Crippen LogP contribution >= 0.6 is 0 Å². The molecule has 0 saturated heterocycles. The number of carbonyl (C=O) groups excluding carboxylic acids is 1. The van der Waals surface area contributed by atoms with E-state index < -0.39 is 0 Å². The van der Waals surface area contributed by atoms with Gasteiger partial charge in [0.15, 0.2) is 0 Å². The van der Waals surface area contributed by atoms with E-state index in [-0.39, 0.29) is 12.1 Å². The molecule has 5 heteroatoms. The summed E-state index contributed by atoms with van der Waals surface area (Å²) >= 11 is 0. The van der Waals surface area contributed by atoms with Gasteiger partial charge in [-0.1, -0.05) is 42.5 Å². The minimum atomic E-state index is -0.178. The maximum absolute atomic E-state index is 12.0. The van der Waals surface area contributed by atoms with Gasteiger partial charge in [0.25, 0.3) is 0 Å². The van der Waals surface area contributed by atoms with Gasteiger partial charge in [0, 0.05) is 18.9 Å². The van der Waals surface area contributed by atoms with Crippen molar-refractivity contribution in [2.75, 3.05) is 0 Å². The smallest absolute Gasteiger partial charge is 0.315 e. The van der Waals surface area contributed by atoms with Gasteiger partial charge in [-0.05, 0) is 36.2 Å². The van der Waals surface area contributed by atoms with Crippen LogP contribution in [0, 0.1) is 0 Å². The summed E-state index contributed by atoms with van der Waals surface area (Å²) in [6.45, 7) is 2.44. The highest BCUT2D eigenvalue weighted by molar-refractivity contribution is 5.74. The first-order chi connectivity index (χ1) is 11.7. The zero-order valence-electron chi connectivity index (χ0n) is 13.5. The van der Waals surface area contributed by atoms with Crippen LogP contribution in [0.15, 0.2) is 73.1 Å². The van der Waals surface area contributed by atoms with Crippen molar-refractivity contribution in [1.82, 2.24) is 20.4 Å². The molecule has 0 radical (unpaired) electrons. The van der Waals surface area contributed by atoms with Gasteiger partial charge < -0.3 is 10.6 Å². The number of amides is 2. The van der Waals surface area contributed by atoms with Gasteiger partial charge in [0.05, 0.1) is 11.7 Å². The van der Waals surface area contributed by atoms with Gasteiger partial charge in [-0.25, -0.2) is 9.48 Å². The second-order valence-electron chi connectivity index (χ2n) is 5.58. The molecule has 2 aromatic carbocycles. The quantitative estimate of drug-likeness (QED) is 0.756. The Kier molecular flexibility index (Phi) is 4.91. The highest BCUT2D eigenvalue weighted by Gasteiger charge is 2.08. The number of nitrogens with zero attached hydrogens (tertiary/aromatic N) is 2. The lowest BCUT2D eigenvalue weighted by Crippen LogP contribution is -2.36. The first-order valence-corrected chi connectivity index (χ1v) is 7.90. The van der Waals surface area contributed by atoms with Gasteiger partial charge >= 0.3 is 6.03 Å². The molecular weight excluding hydrogens is 300 g/mol. The number of hydrogen-bond acceptors (Lipinski definition) is 2. The second kappa shape index (κ2) is 7.46. The largest absolute Gasteiger partial charge is 0.334 e. The van der Waals surface area contributed by atoms with E-state index in [1.807, 2.05) is 73.8 Å². The molecule has 0 aliphatic carbocycles. The third-order valence-electron chi connectivity index (χ3n) is 3.81. The first-order valence-electron chi connectivity index (χ1n) is 7.90. The molecule has 3 rings (SSSR count). The van der Waals surface area contributed by atoms with E-state index in [4.69, 9.17) is 0 Å². The van der Waals surface area contributed by atoms with Crippen molar-refractivity contribution in [3.8, 4) is 5.69 Å². The number of aromatic nitrogens is 2. The molecule has 1 aromatic heterocycles. The molecule has 0 spiro atoms. The minimum absolute atomic E-state index is 0.0339. The number of rotatable bonds is 5. The van der Waals surface area contributed by atoms with Crippen LogP contribution in [0.25, 0.3) is 5.69 Å². The van der Waals surface area contributed by atoms with Crippen LogP contribution in [0.3, 0.4) is 0 Å². The summed E-state index contributed by atoms with van der Waals surface area (Å²) < 4.78 is 1.80. The average molecular weight is 320 g/mol. The maximum Gasteiger partial charge on any atom is 0.315 e. The normalized spacial score (nSPS) is 11.7. The monoisotopic (exact) mass is 320 g/mol. The predicted molar refractivity (Wildman–Crippen MR) is 93.8 cm³/mol. The van der Waals surface area contributed by atoms with Crippen LogP contribution in [0.5, 0.6) is 0 Å². The number of nitrogens with one attached hydrogen (secondary N) is 2. The van der Waals surface area contributed by atoms with E-state index in [0.29, 0.717) is 6.54 Å². The minimum Gasteiger partial charge on any atom is -0.334 e. The summed E-state index contributed by atoms with van der Waals surface area (Å²) in [5.41, 5.74) is 3.11. The summed E-state index contributed by atoms with van der Waals surface area (Å²) in [6.07, 6.45) is 3.64. The van der Waals surface area contributed by atoms with Crippen LogP contribution in [0.1, 0.15) is 24.1 Å². The summed E-state index contributed by atoms with van der Waals surface area (Å²) in [5, 5.41) is 10.0. The zero-order valence-corrected chi connectivity index (χ0v) is 13.5. The van der Waals surface area contributed by atoms with Crippen LogP contribution < -0.4 is 10.6 Å². The SMILES string of the molecule is CC(NC(=O)NCc1ccc(-n2cccn2)cc1)c1ccccc1. The fourth-order valence-electron chi connectivity index (χ4n) is 2.44. The molecule has 0 bridgehead atoms. The van der Waals surface area contributed by atoms with E-state index in [1.54, 1.807) is 10.9 Å². The fourth-order valence-corrected chi connectivity index (χ4v) is 2.44. The second-order valence-corrected chi connectivity index (χ2v) is 5.58. The Bertz CT molecular complexity index is 767. The van der Waals surface area contributed by atoms with Crippen LogP contribution in [-0.2, 0) is 6.54 Å². The van der Waals surface area contributed by atoms with Crippen LogP contribution in [-0.4, -0.2) is 15.8 Å². The number of carbonyl (C=O) groups is 1. The zero-order chi connectivity index (χ0) is 16.8. The molecule has 1 unspecified atom stereocenters. The molecule has 0 aliphatic heterocycles. The number of hydrogen-bond donors (Lipinski definition) is 2. The van der Waals surface area contributed by atoms with Gasteiger partial charge in [-0.2, -0.15) is 5.10 Å². The average Bonchev–Trinajstić information content (AvgIpc) is 3.16. The lowest BCUT2D eigenvalue weighted by Gasteiger charge is -2.15. The highest BCUT2D eigenvalue weighted by Crippen LogP contribution is 2.11. The molecule has 24 heavy (non-hydrogen) atoms. The van der Waals surface area contributed by atoms with Crippen LogP contribution in [0.2, 0.25) is 0 Å². The van der Waals surface area contributed by atoms with Crippen molar-refractivity contribution < 1.29 is 4.79 Å². The van der Waals surface area contributed by atoms with Gasteiger partial charge in [0.2, 0.25) is 0 Å². The Morgan fingerprint density at radius 1 is 1.08 bits per heavy atom. The van der Waals surface area contributed by atoms with Crippen molar-refractivity contribution in [1.29, 1.82) is 0 Å². The lowest BCUT2D eigenvalue weighted by molar-refractivity contribution is 0.237. The molecule has 1 atom stereocenters. The maximum atomic E-state index is 12.0. The molecule has 1 heterocycles. The van der Waals surface area contributed by atoms with E-state index in [2.05, 4.69) is 15.7 Å².